The van der Waals surface area contributed by atoms with Crippen LogP contribution in [0.5, 0.6) is 0 Å². The number of piperazine rings is 1. The molecule has 0 saturated carbocycles. The highest BCUT2D eigenvalue weighted by atomic mass is 35.5. The second-order valence-electron chi connectivity index (χ2n) is 12.2. The Bertz CT molecular complexity index is 1620. The van der Waals surface area contributed by atoms with Crippen molar-refractivity contribution in [2.45, 2.75) is 49.6 Å². The number of halogens is 1. The number of hydrazine groups is 1. The summed E-state index contributed by atoms with van der Waals surface area (Å²) in [7, 11) is -2.20. The molecule has 234 valence electrons. The number of amides is 2. The number of aromatic nitrogens is 1. The van der Waals surface area contributed by atoms with Gasteiger partial charge in [-0.2, -0.15) is 4.31 Å². The first-order valence-electron chi connectivity index (χ1n) is 15.3. The lowest BCUT2D eigenvalue weighted by Gasteiger charge is -2.49. The highest BCUT2D eigenvalue weighted by molar-refractivity contribution is 7.89. The maximum Gasteiger partial charge on any atom is 0.252 e. The number of piperidine rings is 2. The number of hydrogen-bond acceptors (Lipinski definition) is 7. The predicted octanol–water partition coefficient (Wildman–Crippen LogP) is 3.86. The van der Waals surface area contributed by atoms with E-state index >= 15 is 0 Å². The van der Waals surface area contributed by atoms with Crippen molar-refractivity contribution in [1.29, 1.82) is 0 Å². The molecule has 4 heterocycles. The van der Waals surface area contributed by atoms with Gasteiger partial charge in [0.2, 0.25) is 15.9 Å². The summed E-state index contributed by atoms with van der Waals surface area (Å²) >= 11 is 6.12. The Morgan fingerprint density at radius 1 is 0.932 bits per heavy atom. The number of likely N-dealkylation sites (tertiary alicyclic amines) is 1. The van der Waals surface area contributed by atoms with E-state index in [1.54, 1.807) is 52.6 Å². The third-order valence-corrected chi connectivity index (χ3v) is 11.4. The highest BCUT2D eigenvalue weighted by Gasteiger charge is 2.46. The topological polar surface area (TPSA) is 97.4 Å². The molecule has 44 heavy (non-hydrogen) atoms. The molecule has 12 heteroatoms. The Labute approximate surface area is 264 Å². The second kappa shape index (κ2) is 12.6. The number of carbonyl (C=O) groups is 2. The van der Waals surface area contributed by atoms with Crippen LogP contribution in [0.25, 0.3) is 10.8 Å². The van der Waals surface area contributed by atoms with Gasteiger partial charge in [0, 0.05) is 68.9 Å². The van der Waals surface area contributed by atoms with E-state index in [9.17, 15) is 18.0 Å². The summed E-state index contributed by atoms with van der Waals surface area (Å²) in [6, 6.07) is 13.2. The molecule has 1 unspecified atom stereocenters. The van der Waals surface area contributed by atoms with E-state index in [2.05, 4.69) is 16.8 Å². The third-order valence-electron chi connectivity index (χ3n) is 9.39. The summed E-state index contributed by atoms with van der Waals surface area (Å²) in [5, 5.41) is 5.58. The van der Waals surface area contributed by atoms with Crippen molar-refractivity contribution in [1.82, 2.24) is 24.2 Å². The minimum Gasteiger partial charge on any atom is -0.371 e. The smallest absolute Gasteiger partial charge is 0.252 e. The summed E-state index contributed by atoms with van der Waals surface area (Å²) in [5.41, 5.74) is 1.11. The average Bonchev–Trinajstić information content (AvgIpc) is 3.04. The first-order valence-corrected chi connectivity index (χ1v) is 17.1. The minimum atomic E-state index is -4.06. The molecule has 2 amide bonds. The Kier molecular flexibility index (Phi) is 8.83. The quantitative estimate of drug-likeness (QED) is 0.405. The van der Waals surface area contributed by atoms with Gasteiger partial charge < -0.3 is 9.80 Å². The van der Waals surface area contributed by atoms with Crippen LogP contribution in [0.2, 0.25) is 5.02 Å². The number of anilines is 1. The lowest BCUT2D eigenvalue weighted by molar-refractivity contribution is -0.174. The van der Waals surface area contributed by atoms with Crippen molar-refractivity contribution in [3.8, 4) is 0 Å². The van der Waals surface area contributed by atoms with Gasteiger partial charge in [-0.05, 0) is 78.8 Å². The van der Waals surface area contributed by atoms with Crippen LogP contribution in [-0.2, 0) is 19.6 Å². The van der Waals surface area contributed by atoms with Gasteiger partial charge >= 0.3 is 0 Å². The molecule has 1 aromatic heterocycles. The third kappa shape index (κ3) is 6.15. The zero-order valence-corrected chi connectivity index (χ0v) is 26.8. The van der Waals surface area contributed by atoms with E-state index in [0.29, 0.717) is 24.0 Å². The molecule has 6 rings (SSSR count). The van der Waals surface area contributed by atoms with Gasteiger partial charge in [0.1, 0.15) is 6.04 Å². The molecule has 3 fully saturated rings. The summed E-state index contributed by atoms with van der Waals surface area (Å²) in [5.74, 6) is -0.0642. The molecule has 3 aliphatic rings. The monoisotopic (exact) mass is 638 g/mol. The Morgan fingerprint density at radius 2 is 1.59 bits per heavy atom. The molecule has 10 nitrogen and oxygen atoms in total. The lowest BCUT2D eigenvalue weighted by atomic mass is 9.98. The van der Waals surface area contributed by atoms with Crippen molar-refractivity contribution in [2.75, 3.05) is 51.2 Å². The standard InChI is InChI=1S/C32H39ClN6O4S/c1-23-9-15-37(16-10-23)32(41)30-21-38(44(42,43)29-6-4-24-19-26(33)5-3-25(24)20-29)22-31(40)39(30)35(2)27-11-17-36(18-12-27)28-7-13-34-14-8-28/h3-8,13-14,19-20,23,27,30H,9-12,15-18,21-22H2,1-2H3. The van der Waals surface area contributed by atoms with E-state index in [0.717, 1.165) is 55.2 Å². The minimum absolute atomic E-state index is 0.0317. The highest BCUT2D eigenvalue weighted by Crippen LogP contribution is 2.30. The second-order valence-corrected chi connectivity index (χ2v) is 14.6. The maximum absolute atomic E-state index is 14.1. The molecule has 0 radical (unpaired) electrons. The van der Waals surface area contributed by atoms with Crippen molar-refractivity contribution >= 4 is 49.9 Å². The predicted molar refractivity (Wildman–Crippen MR) is 171 cm³/mol. The Hall–Kier alpha value is -3.25. The van der Waals surface area contributed by atoms with Gasteiger partial charge in [0.15, 0.2) is 0 Å². The molecular formula is C32H39ClN6O4S. The van der Waals surface area contributed by atoms with Gasteiger partial charge in [-0.1, -0.05) is 30.7 Å². The zero-order valence-electron chi connectivity index (χ0n) is 25.2. The van der Waals surface area contributed by atoms with Crippen LogP contribution in [0.4, 0.5) is 5.69 Å². The summed E-state index contributed by atoms with van der Waals surface area (Å²) in [4.78, 5) is 36.3. The number of hydrogen-bond donors (Lipinski definition) is 0. The number of benzene rings is 2. The van der Waals surface area contributed by atoms with Crippen LogP contribution < -0.4 is 4.90 Å². The van der Waals surface area contributed by atoms with Crippen LogP contribution >= 0.6 is 11.6 Å². The fourth-order valence-corrected chi connectivity index (χ4v) is 8.28. The molecule has 0 bridgehead atoms. The average molecular weight is 639 g/mol. The van der Waals surface area contributed by atoms with Crippen LogP contribution in [-0.4, -0.2) is 103 Å². The van der Waals surface area contributed by atoms with Gasteiger partial charge in [-0.15, -0.1) is 0 Å². The van der Waals surface area contributed by atoms with E-state index < -0.39 is 22.0 Å². The van der Waals surface area contributed by atoms with Gasteiger partial charge in [0.25, 0.3) is 5.91 Å². The summed E-state index contributed by atoms with van der Waals surface area (Å²) < 4.78 is 29.1. The molecule has 2 aromatic carbocycles. The fourth-order valence-electron chi connectivity index (χ4n) is 6.67. The SMILES string of the molecule is CC1CCN(C(=O)C2CN(S(=O)(=O)c3ccc4cc(Cl)ccc4c3)CC(=O)N2N(C)C2CCN(c3ccncc3)CC2)CC1. The van der Waals surface area contributed by atoms with Crippen molar-refractivity contribution < 1.29 is 18.0 Å². The summed E-state index contributed by atoms with van der Waals surface area (Å²) in [6.07, 6.45) is 6.94. The molecule has 3 saturated heterocycles. The molecule has 0 spiro atoms. The number of rotatable bonds is 6. The van der Waals surface area contributed by atoms with Crippen molar-refractivity contribution in [3.63, 3.8) is 0 Å². The molecule has 3 aromatic rings. The van der Waals surface area contributed by atoms with E-state index in [4.69, 9.17) is 11.6 Å². The lowest BCUT2D eigenvalue weighted by Crippen LogP contribution is -2.68. The molecule has 3 aliphatic heterocycles. The van der Waals surface area contributed by atoms with Gasteiger partial charge in [-0.3, -0.25) is 19.6 Å². The Balaban J connectivity index is 1.25. The van der Waals surface area contributed by atoms with E-state index in [1.165, 1.54) is 10.4 Å². The van der Waals surface area contributed by atoms with Crippen LogP contribution in [0.15, 0.2) is 65.8 Å². The van der Waals surface area contributed by atoms with Crippen molar-refractivity contribution in [3.05, 3.63) is 65.9 Å². The first kappa shape index (κ1) is 30.8. The molecule has 1 atom stereocenters. The summed E-state index contributed by atoms with van der Waals surface area (Å²) in [6.45, 7) is 4.56. The number of sulfonamides is 1. The fraction of sp³-hybridized carbons (Fsp3) is 0.469. The molecular weight excluding hydrogens is 600 g/mol. The Morgan fingerprint density at radius 3 is 2.30 bits per heavy atom. The molecule has 0 N–H and O–H groups in total. The van der Waals surface area contributed by atoms with E-state index in [-0.39, 0.29) is 29.9 Å². The van der Waals surface area contributed by atoms with Crippen LogP contribution in [0.3, 0.4) is 0 Å². The number of fused-ring (bicyclic) bond motifs is 1. The van der Waals surface area contributed by atoms with Gasteiger partial charge in [-0.25, -0.2) is 13.4 Å². The normalized spacial score (nSPS) is 21.4. The maximum atomic E-state index is 14.1. The molecule has 0 aliphatic carbocycles. The first-order chi connectivity index (χ1) is 21.1. The van der Waals surface area contributed by atoms with Crippen LogP contribution in [0.1, 0.15) is 32.6 Å². The van der Waals surface area contributed by atoms with Crippen molar-refractivity contribution in [2.24, 2.45) is 5.92 Å². The number of carbonyl (C=O) groups excluding carboxylic acids is 2. The van der Waals surface area contributed by atoms with Crippen LogP contribution in [0, 0.1) is 5.92 Å². The zero-order chi connectivity index (χ0) is 31.0. The van der Waals surface area contributed by atoms with E-state index in [1.807, 2.05) is 24.2 Å². The number of pyridine rings is 1. The van der Waals surface area contributed by atoms with Gasteiger partial charge in [0.05, 0.1) is 11.4 Å². The largest absolute Gasteiger partial charge is 0.371 e. The number of nitrogens with zero attached hydrogens (tertiary/aromatic N) is 6.